The highest BCUT2D eigenvalue weighted by Crippen LogP contribution is 2.51. The van der Waals surface area contributed by atoms with E-state index in [9.17, 15) is 24.6 Å². The van der Waals surface area contributed by atoms with Crippen molar-refractivity contribution in [2.75, 3.05) is 46.3 Å². The number of thioether (sulfide) groups is 1. The molecule has 0 aromatic carbocycles. The molecule has 0 aromatic heterocycles. The van der Waals surface area contributed by atoms with Gasteiger partial charge in [-0.1, -0.05) is 6.92 Å². The van der Waals surface area contributed by atoms with Crippen LogP contribution in [-0.4, -0.2) is 106 Å². The number of piperidine rings is 1. The minimum absolute atomic E-state index is 0.0769. The summed E-state index contributed by atoms with van der Waals surface area (Å²) >= 11 is 1.62. The number of rotatable bonds is 8. The Morgan fingerprint density at radius 1 is 1.21 bits per heavy atom. The molecule has 184 valence electrons. The molecule has 0 saturated carbocycles. The van der Waals surface area contributed by atoms with Crippen LogP contribution in [0.4, 0.5) is 0 Å². The lowest BCUT2D eigenvalue weighted by Gasteiger charge is -2.46. The molecular formula is C23H36N4O5S. The second-order valence-corrected chi connectivity index (χ2v) is 11.3. The summed E-state index contributed by atoms with van der Waals surface area (Å²) in [6.07, 6.45) is 2.26. The Morgan fingerprint density at radius 2 is 1.91 bits per heavy atom. The van der Waals surface area contributed by atoms with Crippen molar-refractivity contribution in [2.45, 2.75) is 50.5 Å². The Bertz CT molecular complexity index is 826. The van der Waals surface area contributed by atoms with E-state index >= 15 is 0 Å². The third-order valence-electron chi connectivity index (χ3n) is 7.65. The molecule has 0 aliphatic carbocycles. The van der Waals surface area contributed by atoms with Gasteiger partial charge < -0.3 is 30.2 Å². The van der Waals surface area contributed by atoms with Crippen LogP contribution in [-0.2, 0) is 14.4 Å². The highest BCUT2D eigenvalue weighted by molar-refractivity contribution is 8.03. The molecule has 3 N–H and O–H groups in total. The number of carbonyl (C=O) groups is 3. The lowest BCUT2D eigenvalue weighted by atomic mass is 9.79. The first kappa shape index (κ1) is 24.5. The summed E-state index contributed by atoms with van der Waals surface area (Å²) in [5.41, 5.74) is 0.122. The Morgan fingerprint density at radius 3 is 2.52 bits per heavy atom. The van der Waals surface area contributed by atoms with E-state index in [4.69, 9.17) is 0 Å². The van der Waals surface area contributed by atoms with Gasteiger partial charge >= 0.3 is 5.97 Å². The van der Waals surface area contributed by atoms with Gasteiger partial charge in [-0.2, -0.15) is 0 Å². The van der Waals surface area contributed by atoms with Crippen LogP contribution in [0, 0.1) is 17.8 Å². The Kier molecular flexibility index (Phi) is 7.38. The average Bonchev–Trinajstić information content (AvgIpc) is 3.29. The number of likely N-dealkylation sites (tertiary alicyclic amines) is 2. The maximum Gasteiger partial charge on any atom is 0.353 e. The van der Waals surface area contributed by atoms with E-state index in [1.165, 1.54) is 4.90 Å². The van der Waals surface area contributed by atoms with E-state index in [-0.39, 0.29) is 29.5 Å². The predicted octanol–water partition coefficient (Wildman–Crippen LogP) is 0.406. The third kappa shape index (κ3) is 4.67. The second-order valence-electron chi connectivity index (χ2n) is 9.91. The van der Waals surface area contributed by atoms with Gasteiger partial charge in [0.25, 0.3) is 0 Å². The smallest absolute Gasteiger partial charge is 0.353 e. The lowest BCUT2D eigenvalue weighted by Crippen LogP contribution is -2.63. The number of carbonyl (C=O) groups excluding carboxylic acids is 2. The number of carboxylic acid groups (broad SMARTS) is 1. The Hall–Kier alpha value is -1.62. The van der Waals surface area contributed by atoms with Gasteiger partial charge in [0, 0.05) is 42.3 Å². The van der Waals surface area contributed by atoms with Crippen LogP contribution < -0.4 is 5.32 Å². The minimum atomic E-state index is -1.06. The minimum Gasteiger partial charge on any atom is -0.477 e. The molecule has 3 saturated heterocycles. The van der Waals surface area contributed by atoms with Gasteiger partial charge in [0.05, 0.1) is 24.6 Å². The van der Waals surface area contributed by atoms with E-state index in [1.807, 2.05) is 11.8 Å². The number of aliphatic hydroxyl groups is 1. The van der Waals surface area contributed by atoms with E-state index in [1.54, 1.807) is 25.7 Å². The van der Waals surface area contributed by atoms with Crippen LogP contribution in [0.1, 0.15) is 33.1 Å². The number of hydrogen-bond acceptors (Lipinski definition) is 7. The molecule has 5 atom stereocenters. The monoisotopic (exact) mass is 480 g/mol. The summed E-state index contributed by atoms with van der Waals surface area (Å²) in [6.45, 7) is 8.53. The summed E-state index contributed by atoms with van der Waals surface area (Å²) in [5, 5.41) is 23.1. The molecule has 4 aliphatic heterocycles. The summed E-state index contributed by atoms with van der Waals surface area (Å²) < 4.78 is 0. The van der Waals surface area contributed by atoms with Gasteiger partial charge in [0.2, 0.25) is 11.8 Å². The standard InChI is InChI=1S/C23H36N4O5S/c1-13-19-18(14(2)28)22(30)27(19)20(23(31)32)21(13)33-16-6-7-25(12-16)11-15-4-8-26(9-5-15)17(29)10-24-3/h13-16,18-19,24,28H,4-12H2,1-3H3,(H,31,32)/t13-,14-,16-,18-,19-/m1/s1. The van der Waals surface area contributed by atoms with Crippen molar-refractivity contribution in [2.24, 2.45) is 17.8 Å². The van der Waals surface area contributed by atoms with Gasteiger partial charge in [0.15, 0.2) is 0 Å². The number of β-lactam (4-membered cyclic amide) rings is 1. The summed E-state index contributed by atoms with van der Waals surface area (Å²) in [4.78, 5) is 43.2. The normalized spacial score (nSPS) is 31.7. The van der Waals surface area contributed by atoms with Crippen molar-refractivity contribution in [1.82, 2.24) is 20.0 Å². The zero-order chi connectivity index (χ0) is 23.9. The van der Waals surface area contributed by atoms with Crippen molar-refractivity contribution >= 4 is 29.5 Å². The highest BCUT2D eigenvalue weighted by Gasteiger charge is 2.60. The van der Waals surface area contributed by atoms with Gasteiger partial charge in [-0.25, -0.2) is 4.79 Å². The number of aliphatic carboxylic acids is 1. The summed E-state index contributed by atoms with van der Waals surface area (Å²) in [7, 11) is 1.79. The molecule has 4 heterocycles. The fourth-order valence-electron chi connectivity index (χ4n) is 5.91. The number of hydrogen-bond donors (Lipinski definition) is 3. The molecule has 3 fully saturated rings. The molecule has 0 aromatic rings. The number of nitrogens with zero attached hydrogens (tertiary/aromatic N) is 3. The number of likely N-dealkylation sites (N-methyl/N-ethyl adjacent to an activating group) is 1. The van der Waals surface area contributed by atoms with Crippen molar-refractivity contribution in [3.8, 4) is 0 Å². The molecule has 9 nitrogen and oxygen atoms in total. The number of fused-ring (bicyclic) bond motifs is 1. The number of carboxylic acids is 1. The van der Waals surface area contributed by atoms with Crippen LogP contribution in [0.2, 0.25) is 0 Å². The molecule has 0 bridgehead atoms. The fraction of sp³-hybridized carbons (Fsp3) is 0.783. The Balaban J connectivity index is 1.32. The van der Waals surface area contributed by atoms with Gasteiger partial charge in [-0.05, 0) is 45.7 Å². The molecule has 4 aliphatic rings. The SMILES string of the molecule is CNCC(=O)N1CCC(CN2CC[C@@H](SC3=C(C(=O)O)N4C(=O)[C@H]([C@@H](C)O)[C@H]4[C@H]3C)C2)CC1. The van der Waals surface area contributed by atoms with Crippen LogP contribution in [0.15, 0.2) is 10.6 Å². The van der Waals surface area contributed by atoms with E-state index in [2.05, 4.69) is 10.2 Å². The topological polar surface area (TPSA) is 113 Å². The Labute approximate surface area is 199 Å². The van der Waals surface area contributed by atoms with Crippen LogP contribution in [0.3, 0.4) is 0 Å². The molecule has 4 rings (SSSR count). The molecule has 0 spiro atoms. The van der Waals surface area contributed by atoms with Gasteiger partial charge in [-0.15, -0.1) is 11.8 Å². The van der Waals surface area contributed by atoms with Crippen LogP contribution in [0.5, 0.6) is 0 Å². The summed E-state index contributed by atoms with van der Waals surface area (Å²) in [5.74, 6) is -1.17. The average molecular weight is 481 g/mol. The molecular weight excluding hydrogens is 444 g/mol. The highest BCUT2D eigenvalue weighted by atomic mass is 32.2. The number of aliphatic hydroxyl groups excluding tert-OH is 1. The maximum absolute atomic E-state index is 12.5. The van der Waals surface area contributed by atoms with Crippen molar-refractivity contribution in [1.29, 1.82) is 0 Å². The zero-order valence-corrected chi connectivity index (χ0v) is 20.5. The first-order chi connectivity index (χ1) is 15.7. The molecule has 33 heavy (non-hydrogen) atoms. The van der Waals surface area contributed by atoms with Crippen molar-refractivity contribution < 1.29 is 24.6 Å². The molecule has 2 amide bonds. The van der Waals surface area contributed by atoms with Gasteiger partial charge in [0.1, 0.15) is 5.70 Å². The largest absolute Gasteiger partial charge is 0.477 e. The fourth-order valence-corrected chi connectivity index (χ4v) is 7.43. The van der Waals surface area contributed by atoms with E-state index < -0.39 is 18.0 Å². The van der Waals surface area contributed by atoms with Crippen molar-refractivity contribution in [3.63, 3.8) is 0 Å². The van der Waals surface area contributed by atoms with Crippen molar-refractivity contribution in [3.05, 3.63) is 10.6 Å². The van der Waals surface area contributed by atoms with E-state index in [0.29, 0.717) is 17.7 Å². The lowest BCUT2D eigenvalue weighted by molar-refractivity contribution is -0.163. The number of nitrogens with one attached hydrogen (secondary N) is 1. The third-order valence-corrected chi connectivity index (χ3v) is 9.18. The number of amides is 2. The van der Waals surface area contributed by atoms with E-state index in [0.717, 1.165) is 56.9 Å². The quantitative estimate of drug-likeness (QED) is 0.428. The first-order valence-corrected chi connectivity index (χ1v) is 12.9. The molecule has 0 radical (unpaired) electrons. The van der Waals surface area contributed by atoms with Gasteiger partial charge in [-0.3, -0.25) is 9.59 Å². The molecule has 10 heteroatoms. The summed E-state index contributed by atoms with van der Waals surface area (Å²) in [6, 6.07) is -0.251. The van der Waals surface area contributed by atoms with Crippen LogP contribution in [0.25, 0.3) is 0 Å². The molecule has 0 unspecified atom stereocenters. The zero-order valence-electron chi connectivity index (χ0n) is 19.7. The maximum atomic E-state index is 12.5. The first-order valence-electron chi connectivity index (χ1n) is 12.0. The predicted molar refractivity (Wildman–Crippen MR) is 125 cm³/mol. The van der Waals surface area contributed by atoms with Crippen LogP contribution >= 0.6 is 11.8 Å². The second kappa shape index (κ2) is 9.93.